The Morgan fingerprint density at radius 3 is 2.60 bits per heavy atom. The summed E-state index contributed by atoms with van der Waals surface area (Å²) in [6.07, 6.45) is -0.479. The van der Waals surface area contributed by atoms with Gasteiger partial charge in [-0.3, -0.25) is 5.32 Å². The molecule has 1 aromatic carbocycles. The van der Waals surface area contributed by atoms with E-state index in [0.29, 0.717) is 11.2 Å². The zero-order valence-corrected chi connectivity index (χ0v) is 9.20. The molecule has 0 saturated carbocycles. The van der Waals surface area contributed by atoms with Gasteiger partial charge < -0.3 is 4.74 Å². The van der Waals surface area contributed by atoms with Gasteiger partial charge in [0.1, 0.15) is 13.4 Å². The second-order valence-corrected chi connectivity index (χ2v) is 4.25. The third-order valence-electron chi connectivity index (χ3n) is 1.53. The van der Waals surface area contributed by atoms with Crippen molar-refractivity contribution in [3.05, 3.63) is 24.3 Å². The van der Waals surface area contributed by atoms with Crippen LogP contribution < -0.4 is 10.8 Å². The van der Waals surface area contributed by atoms with Crippen molar-refractivity contribution in [2.75, 3.05) is 5.32 Å². The van der Waals surface area contributed by atoms with Gasteiger partial charge in [-0.25, -0.2) is 4.79 Å². The molecule has 0 aliphatic rings. The average Bonchev–Trinajstić information content (AvgIpc) is 1.99. The molecule has 0 saturated heterocycles. The summed E-state index contributed by atoms with van der Waals surface area (Å²) in [5.41, 5.74) is 0.734. The molecule has 0 bridgehead atoms. The van der Waals surface area contributed by atoms with E-state index in [9.17, 15) is 4.79 Å². The van der Waals surface area contributed by atoms with Crippen molar-refractivity contribution < 1.29 is 9.53 Å². The number of benzene rings is 1. The van der Waals surface area contributed by atoms with E-state index in [2.05, 4.69) is 5.32 Å². The van der Waals surface area contributed by atoms with Gasteiger partial charge in [0.15, 0.2) is 0 Å². The Labute approximate surface area is 91.2 Å². The SMILES string of the molecule is [B]c1cccc(NC(=O)OC(C)(C)C)c1. The van der Waals surface area contributed by atoms with E-state index in [-0.39, 0.29) is 0 Å². The van der Waals surface area contributed by atoms with Crippen molar-refractivity contribution in [1.82, 2.24) is 0 Å². The van der Waals surface area contributed by atoms with E-state index in [4.69, 9.17) is 12.6 Å². The van der Waals surface area contributed by atoms with Gasteiger partial charge in [0.25, 0.3) is 0 Å². The van der Waals surface area contributed by atoms with Gasteiger partial charge in [-0.1, -0.05) is 17.6 Å². The number of ether oxygens (including phenoxy) is 1. The van der Waals surface area contributed by atoms with E-state index < -0.39 is 11.7 Å². The van der Waals surface area contributed by atoms with Crippen molar-refractivity contribution in [1.29, 1.82) is 0 Å². The number of rotatable bonds is 1. The van der Waals surface area contributed by atoms with Crippen molar-refractivity contribution >= 4 is 25.1 Å². The smallest absolute Gasteiger partial charge is 0.412 e. The topological polar surface area (TPSA) is 38.3 Å². The number of carbonyl (C=O) groups excluding carboxylic acids is 1. The summed E-state index contributed by atoms with van der Waals surface area (Å²) in [5.74, 6) is 0. The maximum Gasteiger partial charge on any atom is 0.412 e. The molecule has 0 heterocycles. The first-order valence-electron chi connectivity index (χ1n) is 4.72. The van der Waals surface area contributed by atoms with Crippen LogP contribution in [0.4, 0.5) is 10.5 Å². The van der Waals surface area contributed by atoms with Crippen molar-refractivity contribution in [2.45, 2.75) is 26.4 Å². The van der Waals surface area contributed by atoms with Crippen LogP contribution in [0.3, 0.4) is 0 Å². The Bertz CT molecular complexity index is 358. The predicted octanol–water partition coefficient (Wildman–Crippen LogP) is 1.83. The summed E-state index contributed by atoms with van der Waals surface area (Å²) in [6, 6.07) is 6.94. The molecular weight excluding hydrogens is 189 g/mol. The lowest BCUT2D eigenvalue weighted by atomic mass is 9.96. The quantitative estimate of drug-likeness (QED) is 0.707. The normalized spacial score (nSPS) is 10.9. The van der Waals surface area contributed by atoms with Crippen LogP contribution in [0.5, 0.6) is 0 Å². The van der Waals surface area contributed by atoms with E-state index in [0.717, 1.165) is 0 Å². The molecule has 3 nitrogen and oxygen atoms in total. The van der Waals surface area contributed by atoms with E-state index in [1.807, 2.05) is 20.8 Å². The Balaban J connectivity index is 2.59. The zero-order valence-electron chi connectivity index (χ0n) is 9.20. The Hall–Kier alpha value is -1.45. The summed E-state index contributed by atoms with van der Waals surface area (Å²) in [7, 11) is 5.57. The summed E-state index contributed by atoms with van der Waals surface area (Å²) in [4.78, 5) is 11.4. The van der Waals surface area contributed by atoms with Crippen LogP contribution >= 0.6 is 0 Å². The third kappa shape index (κ3) is 4.54. The highest BCUT2D eigenvalue weighted by atomic mass is 16.6. The number of hydrogen-bond donors (Lipinski definition) is 1. The van der Waals surface area contributed by atoms with Crippen molar-refractivity contribution in [3.8, 4) is 0 Å². The van der Waals surface area contributed by atoms with E-state index in [1.54, 1.807) is 24.3 Å². The number of nitrogens with one attached hydrogen (secondary N) is 1. The second-order valence-electron chi connectivity index (χ2n) is 4.25. The van der Waals surface area contributed by atoms with Crippen LogP contribution in [0.15, 0.2) is 24.3 Å². The molecule has 0 aliphatic heterocycles. The largest absolute Gasteiger partial charge is 0.444 e. The molecule has 0 spiro atoms. The molecule has 2 radical (unpaired) electrons. The van der Waals surface area contributed by atoms with Crippen LogP contribution in [0.25, 0.3) is 0 Å². The number of hydrogen-bond acceptors (Lipinski definition) is 2. The summed E-state index contributed by atoms with van der Waals surface area (Å²) in [5, 5.41) is 2.60. The molecule has 1 rings (SSSR count). The highest BCUT2D eigenvalue weighted by Crippen LogP contribution is 2.10. The average molecular weight is 203 g/mol. The molecular formula is C11H14BNO2. The molecule has 0 aromatic heterocycles. The van der Waals surface area contributed by atoms with Gasteiger partial charge in [-0.05, 0) is 32.9 Å². The lowest BCUT2D eigenvalue weighted by molar-refractivity contribution is 0.0636. The third-order valence-corrected chi connectivity index (χ3v) is 1.53. The highest BCUT2D eigenvalue weighted by molar-refractivity contribution is 6.32. The first-order valence-corrected chi connectivity index (χ1v) is 4.72. The summed E-state index contributed by atoms with van der Waals surface area (Å²) in [6.45, 7) is 5.43. The Morgan fingerprint density at radius 2 is 2.07 bits per heavy atom. The number of anilines is 1. The van der Waals surface area contributed by atoms with Gasteiger partial charge in [0, 0.05) is 5.69 Å². The first kappa shape index (κ1) is 11.6. The molecule has 1 N–H and O–H groups in total. The molecule has 15 heavy (non-hydrogen) atoms. The van der Waals surface area contributed by atoms with Gasteiger partial charge in [-0.2, -0.15) is 0 Å². The Morgan fingerprint density at radius 1 is 1.40 bits per heavy atom. The van der Waals surface area contributed by atoms with Gasteiger partial charge in [0.2, 0.25) is 0 Å². The zero-order chi connectivity index (χ0) is 11.5. The number of amides is 1. The van der Waals surface area contributed by atoms with Crippen molar-refractivity contribution in [2.24, 2.45) is 0 Å². The van der Waals surface area contributed by atoms with Crippen LogP contribution in [-0.4, -0.2) is 19.5 Å². The van der Waals surface area contributed by atoms with E-state index >= 15 is 0 Å². The fraction of sp³-hybridized carbons (Fsp3) is 0.364. The van der Waals surface area contributed by atoms with Gasteiger partial charge >= 0.3 is 6.09 Å². The van der Waals surface area contributed by atoms with Crippen LogP contribution in [-0.2, 0) is 4.74 Å². The second kappa shape index (κ2) is 4.38. The number of carbonyl (C=O) groups is 1. The van der Waals surface area contributed by atoms with E-state index in [1.165, 1.54) is 0 Å². The first-order chi connectivity index (χ1) is 6.87. The minimum atomic E-state index is -0.496. The van der Waals surface area contributed by atoms with Crippen LogP contribution in [0.1, 0.15) is 20.8 Å². The molecule has 0 aliphatic carbocycles. The maximum atomic E-state index is 11.4. The minimum Gasteiger partial charge on any atom is -0.444 e. The lowest BCUT2D eigenvalue weighted by Gasteiger charge is -2.19. The fourth-order valence-electron chi connectivity index (χ4n) is 1.04. The summed E-state index contributed by atoms with van der Waals surface area (Å²) >= 11 is 0. The fourth-order valence-corrected chi connectivity index (χ4v) is 1.04. The molecule has 1 aromatic rings. The molecule has 0 unspecified atom stereocenters. The van der Waals surface area contributed by atoms with Crippen LogP contribution in [0.2, 0.25) is 0 Å². The minimum absolute atomic E-state index is 0.479. The monoisotopic (exact) mass is 203 g/mol. The van der Waals surface area contributed by atoms with Gasteiger partial charge in [-0.15, -0.1) is 0 Å². The molecule has 78 valence electrons. The predicted molar refractivity (Wildman–Crippen MR) is 61.7 cm³/mol. The maximum absolute atomic E-state index is 11.4. The van der Waals surface area contributed by atoms with Gasteiger partial charge in [0.05, 0.1) is 0 Å². The summed E-state index contributed by atoms with van der Waals surface area (Å²) < 4.78 is 5.09. The standard InChI is InChI=1S/C11H14BNO2/c1-11(2,3)15-10(14)13-9-6-4-5-8(12)7-9/h4-7H,1-3H3,(H,13,14). The highest BCUT2D eigenvalue weighted by Gasteiger charge is 2.15. The molecule has 1 amide bonds. The van der Waals surface area contributed by atoms with Crippen molar-refractivity contribution in [3.63, 3.8) is 0 Å². The molecule has 0 fully saturated rings. The Kier molecular flexibility index (Phi) is 3.40. The van der Waals surface area contributed by atoms with Crippen LogP contribution in [0, 0.1) is 0 Å². The lowest BCUT2D eigenvalue weighted by Crippen LogP contribution is -2.27. The molecule has 0 atom stereocenters. The molecule has 4 heteroatoms.